The number of carbonyl (C=O) groups is 3. The lowest BCUT2D eigenvalue weighted by molar-refractivity contribution is -0.120. The molecule has 0 spiro atoms. The summed E-state index contributed by atoms with van der Waals surface area (Å²) in [7, 11) is 0. The van der Waals surface area contributed by atoms with Crippen molar-refractivity contribution in [1.82, 2.24) is 16.0 Å². The van der Waals surface area contributed by atoms with Gasteiger partial charge in [0.1, 0.15) is 11.9 Å². The number of hydrogen-bond donors (Lipinski definition) is 3. The van der Waals surface area contributed by atoms with Gasteiger partial charge in [0.25, 0.3) is 11.8 Å². The Labute approximate surface area is 102 Å². The van der Waals surface area contributed by atoms with Crippen LogP contribution in [-0.4, -0.2) is 30.4 Å². The van der Waals surface area contributed by atoms with Crippen molar-refractivity contribution < 1.29 is 18.8 Å². The zero-order chi connectivity index (χ0) is 13.1. The molecule has 0 radical (unpaired) electrons. The lowest BCUT2D eigenvalue weighted by atomic mass is 10.2. The van der Waals surface area contributed by atoms with Crippen LogP contribution in [0.2, 0.25) is 0 Å². The lowest BCUT2D eigenvalue weighted by Crippen LogP contribution is -2.41. The first-order chi connectivity index (χ1) is 8.58. The molecule has 3 N–H and O–H groups in total. The predicted molar refractivity (Wildman–Crippen MR) is 59.2 cm³/mol. The molecule has 18 heavy (non-hydrogen) atoms. The number of rotatable bonds is 3. The van der Waals surface area contributed by atoms with Crippen LogP contribution < -0.4 is 16.0 Å². The maximum atomic E-state index is 13.3. The average Bonchev–Trinajstić information content (AvgIpc) is 2.65. The van der Waals surface area contributed by atoms with Gasteiger partial charge in [-0.05, 0) is 12.1 Å². The smallest absolute Gasteiger partial charge is 0.322 e. The van der Waals surface area contributed by atoms with Crippen LogP contribution in [0, 0.1) is 5.82 Å². The molecule has 1 aliphatic heterocycles. The molecular formula is C11H10FN3O3. The Morgan fingerprint density at radius 2 is 2.06 bits per heavy atom. The van der Waals surface area contributed by atoms with E-state index in [-0.39, 0.29) is 12.1 Å². The topological polar surface area (TPSA) is 87.3 Å². The number of hydrogen-bond acceptors (Lipinski definition) is 3. The first-order valence-corrected chi connectivity index (χ1v) is 5.22. The van der Waals surface area contributed by atoms with Crippen LogP contribution >= 0.6 is 0 Å². The molecule has 1 aromatic rings. The van der Waals surface area contributed by atoms with Crippen LogP contribution in [0.5, 0.6) is 0 Å². The normalized spacial score (nSPS) is 18.2. The number of nitrogens with one attached hydrogen (secondary N) is 3. The third-order valence-electron chi connectivity index (χ3n) is 2.44. The van der Waals surface area contributed by atoms with E-state index in [9.17, 15) is 18.8 Å². The molecule has 0 aromatic heterocycles. The molecule has 0 saturated carbocycles. The van der Waals surface area contributed by atoms with Gasteiger partial charge in [0.2, 0.25) is 0 Å². The number of urea groups is 1. The van der Waals surface area contributed by atoms with Gasteiger partial charge in [0, 0.05) is 6.54 Å². The van der Waals surface area contributed by atoms with Crippen LogP contribution in [-0.2, 0) is 4.79 Å². The van der Waals surface area contributed by atoms with Gasteiger partial charge in [0.05, 0.1) is 5.56 Å². The second-order valence-electron chi connectivity index (χ2n) is 3.71. The van der Waals surface area contributed by atoms with Crippen molar-refractivity contribution in [2.45, 2.75) is 6.04 Å². The highest BCUT2D eigenvalue weighted by atomic mass is 19.1. The molecule has 0 bridgehead atoms. The Kier molecular flexibility index (Phi) is 3.22. The molecule has 2 rings (SSSR count). The van der Waals surface area contributed by atoms with Crippen LogP contribution in [0.25, 0.3) is 0 Å². The molecule has 1 atom stereocenters. The number of halogens is 1. The van der Waals surface area contributed by atoms with Gasteiger partial charge in [-0.3, -0.25) is 14.9 Å². The Bertz CT molecular complexity index is 518. The van der Waals surface area contributed by atoms with E-state index in [1.807, 2.05) is 5.32 Å². The van der Waals surface area contributed by atoms with Crippen molar-refractivity contribution in [3.8, 4) is 0 Å². The van der Waals surface area contributed by atoms with Gasteiger partial charge in [-0.1, -0.05) is 12.1 Å². The van der Waals surface area contributed by atoms with Crippen molar-refractivity contribution in [3.05, 3.63) is 35.6 Å². The Morgan fingerprint density at radius 1 is 1.33 bits per heavy atom. The number of benzene rings is 1. The molecule has 1 unspecified atom stereocenters. The minimum Gasteiger partial charge on any atom is -0.349 e. The largest absolute Gasteiger partial charge is 0.349 e. The summed E-state index contributed by atoms with van der Waals surface area (Å²) in [4.78, 5) is 33.6. The van der Waals surface area contributed by atoms with Crippen LogP contribution in [0.1, 0.15) is 10.4 Å². The highest BCUT2D eigenvalue weighted by molar-refractivity contribution is 6.04. The zero-order valence-corrected chi connectivity index (χ0v) is 9.20. The predicted octanol–water partition coefficient (Wildman–Crippen LogP) is -0.237. The van der Waals surface area contributed by atoms with E-state index >= 15 is 0 Å². The molecule has 94 valence electrons. The van der Waals surface area contributed by atoms with Crippen LogP contribution in [0.4, 0.5) is 9.18 Å². The van der Waals surface area contributed by atoms with Gasteiger partial charge in [0.15, 0.2) is 0 Å². The second-order valence-corrected chi connectivity index (χ2v) is 3.71. The summed E-state index contributed by atoms with van der Waals surface area (Å²) < 4.78 is 13.3. The molecule has 1 heterocycles. The molecule has 1 aromatic carbocycles. The summed E-state index contributed by atoms with van der Waals surface area (Å²) in [6.07, 6.45) is 0. The summed E-state index contributed by atoms with van der Waals surface area (Å²) in [6, 6.07) is 4.06. The summed E-state index contributed by atoms with van der Waals surface area (Å²) in [6.45, 7) is -0.0925. The summed E-state index contributed by atoms with van der Waals surface area (Å²) in [5.74, 6) is -1.80. The summed E-state index contributed by atoms with van der Waals surface area (Å²) in [5.41, 5.74) is -0.109. The third-order valence-corrected chi connectivity index (χ3v) is 2.44. The van der Waals surface area contributed by atoms with Gasteiger partial charge in [-0.25, -0.2) is 9.18 Å². The zero-order valence-electron chi connectivity index (χ0n) is 9.20. The van der Waals surface area contributed by atoms with Gasteiger partial charge >= 0.3 is 6.03 Å². The van der Waals surface area contributed by atoms with E-state index < -0.39 is 29.7 Å². The first kappa shape index (κ1) is 12.0. The fourth-order valence-electron chi connectivity index (χ4n) is 1.54. The molecule has 1 aliphatic rings. The lowest BCUT2D eigenvalue weighted by Gasteiger charge is -2.09. The standard InChI is InChI=1S/C11H10FN3O3/c12-7-4-2-1-3-6(7)9(16)13-5-8-10(17)15-11(18)14-8/h1-4,8H,5H2,(H,13,16)(H2,14,15,17,18). The number of carbonyl (C=O) groups excluding carboxylic acids is 3. The quantitative estimate of drug-likeness (QED) is 0.648. The van der Waals surface area contributed by atoms with E-state index in [4.69, 9.17) is 0 Å². The molecule has 1 saturated heterocycles. The van der Waals surface area contributed by atoms with Crippen molar-refractivity contribution in [3.63, 3.8) is 0 Å². The molecule has 4 amide bonds. The maximum absolute atomic E-state index is 13.3. The van der Waals surface area contributed by atoms with Crippen LogP contribution in [0.3, 0.4) is 0 Å². The van der Waals surface area contributed by atoms with E-state index in [1.54, 1.807) is 0 Å². The first-order valence-electron chi connectivity index (χ1n) is 5.22. The maximum Gasteiger partial charge on any atom is 0.322 e. The third kappa shape index (κ3) is 2.45. The Morgan fingerprint density at radius 3 is 2.67 bits per heavy atom. The molecule has 7 heteroatoms. The van der Waals surface area contributed by atoms with Gasteiger partial charge in [-0.15, -0.1) is 0 Å². The number of amides is 4. The fraction of sp³-hybridized carbons (Fsp3) is 0.182. The summed E-state index contributed by atoms with van der Waals surface area (Å²) in [5, 5.41) is 6.72. The van der Waals surface area contributed by atoms with Gasteiger partial charge in [-0.2, -0.15) is 0 Å². The van der Waals surface area contributed by atoms with Crippen molar-refractivity contribution in [2.75, 3.05) is 6.54 Å². The highest BCUT2D eigenvalue weighted by Crippen LogP contribution is 2.05. The number of imide groups is 1. The Balaban J connectivity index is 1.95. The fourth-order valence-corrected chi connectivity index (χ4v) is 1.54. The van der Waals surface area contributed by atoms with E-state index in [2.05, 4.69) is 10.6 Å². The van der Waals surface area contributed by atoms with Gasteiger partial charge < -0.3 is 10.6 Å². The monoisotopic (exact) mass is 251 g/mol. The molecule has 0 aliphatic carbocycles. The second kappa shape index (κ2) is 4.82. The SMILES string of the molecule is O=C1NC(=O)C(CNC(=O)c2ccccc2F)N1. The molecular weight excluding hydrogens is 241 g/mol. The van der Waals surface area contributed by atoms with Crippen molar-refractivity contribution in [2.24, 2.45) is 0 Å². The van der Waals surface area contributed by atoms with E-state index in [1.165, 1.54) is 24.3 Å². The van der Waals surface area contributed by atoms with E-state index in [0.29, 0.717) is 0 Å². The van der Waals surface area contributed by atoms with Crippen LogP contribution in [0.15, 0.2) is 24.3 Å². The van der Waals surface area contributed by atoms with Crippen molar-refractivity contribution in [1.29, 1.82) is 0 Å². The van der Waals surface area contributed by atoms with E-state index in [0.717, 1.165) is 0 Å². The average molecular weight is 251 g/mol. The summed E-state index contributed by atoms with van der Waals surface area (Å²) >= 11 is 0. The molecule has 6 nitrogen and oxygen atoms in total. The van der Waals surface area contributed by atoms with Crippen molar-refractivity contribution >= 4 is 17.8 Å². The molecule has 1 fully saturated rings. The highest BCUT2D eigenvalue weighted by Gasteiger charge is 2.29. The minimum atomic E-state index is -0.826. The Hall–Kier alpha value is -2.44. The minimum absolute atomic E-state index is 0.0925.